The van der Waals surface area contributed by atoms with E-state index in [1.165, 1.54) is 12.1 Å². The molecule has 0 fully saturated rings. The minimum Gasteiger partial charge on any atom is -0.386 e. The highest BCUT2D eigenvalue weighted by atomic mass is 79.9. The van der Waals surface area contributed by atoms with Gasteiger partial charge < -0.3 is 9.47 Å². The van der Waals surface area contributed by atoms with Gasteiger partial charge in [-0.25, -0.2) is 19.2 Å². The Bertz CT molecular complexity index is 897. The van der Waals surface area contributed by atoms with Crippen molar-refractivity contribution in [2.75, 3.05) is 0 Å². The monoisotopic (exact) mass is 424 g/mol. The molecular weight excluding hydrogens is 424 g/mol. The van der Waals surface area contributed by atoms with Gasteiger partial charge >= 0.3 is 23.9 Å². The smallest absolute Gasteiger partial charge is 0.347 e. The summed E-state index contributed by atoms with van der Waals surface area (Å²) in [5.41, 5.74) is 0.407. The van der Waals surface area contributed by atoms with E-state index in [1.807, 2.05) is 0 Å². The third-order valence-corrected chi connectivity index (χ3v) is 5.67. The van der Waals surface area contributed by atoms with Crippen molar-refractivity contribution in [2.45, 2.75) is 0 Å². The molecule has 2 heterocycles. The molecule has 2 aromatic rings. The van der Waals surface area contributed by atoms with Gasteiger partial charge in [-0.15, -0.1) is 0 Å². The number of hydrogen-bond acceptors (Lipinski definition) is 6. The molecule has 2 aromatic carbocycles. The van der Waals surface area contributed by atoms with Gasteiger partial charge in [-0.1, -0.05) is 0 Å². The first-order valence-corrected chi connectivity index (χ1v) is 7.51. The SMILES string of the molecule is O=C1OC(=O)c2c(Br)c(Br)c3c4c(ccc1c24)C(=O)OC3=O. The zero-order valence-corrected chi connectivity index (χ0v) is 13.5. The van der Waals surface area contributed by atoms with Crippen molar-refractivity contribution in [2.24, 2.45) is 0 Å². The van der Waals surface area contributed by atoms with Crippen LogP contribution in [0.4, 0.5) is 0 Å². The van der Waals surface area contributed by atoms with Gasteiger partial charge in [-0.3, -0.25) is 0 Å². The topological polar surface area (TPSA) is 86.7 Å². The maximum atomic E-state index is 12.1. The number of hydrogen-bond donors (Lipinski definition) is 0. The fourth-order valence-electron chi connectivity index (χ4n) is 2.66. The Kier molecular flexibility index (Phi) is 2.62. The zero-order valence-electron chi connectivity index (χ0n) is 10.4. The summed E-state index contributed by atoms with van der Waals surface area (Å²) >= 11 is 6.44. The molecule has 0 spiro atoms. The number of halogens is 2. The third-order valence-electron chi connectivity index (χ3n) is 3.56. The van der Waals surface area contributed by atoms with Crippen LogP contribution < -0.4 is 0 Å². The Labute approximate surface area is 138 Å². The first-order valence-electron chi connectivity index (χ1n) is 5.92. The Morgan fingerprint density at radius 3 is 1.36 bits per heavy atom. The second kappa shape index (κ2) is 4.23. The highest BCUT2D eigenvalue weighted by Gasteiger charge is 2.38. The number of carbonyl (C=O) groups excluding carboxylic acids is 4. The van der Waals surface area contributed by atoms with Crippen LogP contribution in [-0.2, 0) is 9.47 Å². The summed E-state index contributed by atoms with van der Waals surface area (Å²) in [6, 6.07) is 2.74. The molecule has 0 radical (unpaired) electrons. The van der Waals surface area contributed by atoms with Crippen molar-refractivity contribution >= 4 is 66.5 Å². The molecule has 4 rings (SSSR count). The summed E-state index contributed by atoms with van der Waals surface area (Å²) in [6.45, 7) is 0. The maximum absolute atomic E-state index is 12.1. The number of rotatable bonds is 0. The van der Waals surface area contributed by atoms with Crippen LogP contribution in [0.2, 0.25) is 0 Å². The van der Waals surface area contributed by atoms with Crippen molar-refractivity contribution in [1.82, 2.24) is 0 Å². The van der Waals surface area contributed by atoms with E-state index in [1.54, 1.807) is 0 Å². The van der Waals surface area contributed by atoms with Crippen LogP contribution in [-0.4, -0.2) is 23.9 Å². The maximum Gasteiger partial charge on any atom is 0.347 e. The normalized spacial score (nSPS) is 15.9. The van der Waals surface area contributed by atoms with E-state index in [-0.39, 0.29) is 42.0 Å². The molecule has 0 aliphatic carbocycles. The van der Waals surface area contributed by atoms with Crippen molar-refractivity contribution in [3.05, 3.63) is 43.3 Å². The predicted octanol–water partition coefficient (Wildman–Crippen LogP) is 2.99. The van der Waals surface area contributed by atoms with E-state index in [2.05, 4.69) is 31.9 Å². The van der Waals surface area contributed by atoms with Crippen LogP contribution in [0.15, 0.2) is 21.1 Å². The number of ether oxygens (including phenoxy) is 2. The van der Waals surface area contributed by atoms with E-state index in [0.717, 1.165) is 0 Å². The molecular formula is C14H2Br2O6. The lowest BCUT2D eigenvalue weighted by molar-refractivity contribution is 0.0364. The zero-order chi connectivity index (χ0) is 15.8. The highest BCUT2D eigenvalue weighted by molar-refractivity contribution is 9.13. The average Bonchev–Trinajstić information content (AvgIpc) is 2.45. The van der Waals surface area contributed by atoms with E-state index in [0.29, 0.717) is 0 Å². The van der Waals surface area contributed by atoms with Crippen LogP contribution in [0.5, 0.6) is 0 Å². The summed E-state index contributed by atoms with van der Waals surface area (Å²) in [5.74, 6) is -3.34. The summed E-state index contributed by atoms with van der Waals surface area (Å²) in [6.07, 6.45) is 0. The Morgan fingerprint density at radius 1 is 0.636 bits per heavy atom. The van der Waals surface area contributed by atoms with Gasteiger partial charge in [0.2, 0.25) is 0 Å². The first kappa shape index (κ1) is 13.6. The molecule has 0 saturated carbocycles. The van der Waals surface area contributed by atoms with Crippen molar-refractivity contribution in [1.29, 1.82) is 0 Å². The molecule has 8 heteroatoms. The van der Waals surface area contributed by atoms with Gasteiger partial charge in [0.1, 0.15) is 0 Å². The standard InChI is InChI=1S/C14H2Br2O6/c15-9-7-5-3(11(17)21-13(7)19)1-2-4-6(5)8(10(9)16)14(20)22-12(4)18/h1-2H. The van der Waals surface area contributed by atoms with Crippen LogP contribution in [0, 0.1) is 0 Å². The Morgan fingerprint density at radius 2 is 1.00 bits per heavy atom. The minimum atomic E-state index is -0.847. The Hall–Kier alpha value is -2.06. The van der Waals surface area contributed by atoms with Gasteiger partial charge in [-0.2, -0.15) is 0 Å². The lowest BCUT2D eigenvalue weighted by Crippen LogP contribution is -2.26. The van der Waals surface area contributed by atoms with Crippen LogP contribution in [0.1, 0.15) is 41.4 Å². The first-order chi connectivity index (χ1) is 10.4. The van der Waals surface area contributed by atoms with Crippen LogP contribution in [0.25, 0.3) is 10.8 Å². The minimum absolute atomic E-state index is 0.0876. The quantitative estimate of drug-likeness (QED) is 0.476. The molecule has 0 atom stereocenters. The molecule has 108 valence electrons. The van der Waals surface area contributed by atoms with Crippen molar-refractivity contribution in [3.8, 4) is 0 Å². The average molecular weight is 426 g/mol. The van der Waals surface area contributed by atoms with E-state index < -0.39 is 23.9 Å². The number of benzene rings is 2. The molecule has 0 bridgehead atoms. The van der Waals surface area contributed by atoms with Gasteiger partial charge in [0.05, 0.1) is 22.3 Å². The van der Waals surface area contributed by atoms with Gasteiger partial charge in [0.25, 0.3) is 0 Å². The fourth-order valence-corrected chi connectivity index (χ4v) is 3.78. The third kappa shape index (κ3) is 1.48. The number of carbonyl (C=O) groups is 4. The summed E-state index contributed by atoms with van der Waals surface area (Å²) in [5, 5.41) is 0.433. The van der Waals surface area contributed by atoms with Crippen LogP contribution >= 0.6 is 31.9 Å². The second-order valence-electron chi connectivity index (χ2n) is 4.64. The molecule has 22 heavy (non-hydrogen) atoms. The van der Waals surface area contributed by atoms with Gasteiger partial charge in [0, 0.05) is 19.7 Å². The van der Waals surface area contributed by atoms with E-state index in [4.69, 9.17) is 9.47 Å². The number of esters is 4. The molecule has 0 aromatic heterocycles. The Balaban J connectivity index is 2.37. The largest absolute Gasteiger partial charge is 0.386 e. The second-order valence-corrected chi connectivity index (χ2v) is 6.23. The summed E-state index contributed by atoms with van der Waals surface area (Å²) in [7, 11) is 0. The summed E-state index contributed by atoms with van der Waals surface area (Å²) in [4.78, 5) is 47.9. The molecule has 0 amide bonds. The van der Waals surface area contributed by atoms with Crippen molar-refractivity contribution in [3.63, 3.8) is 0 Å². The number of cyclic esters (lactones) is 4. The van der Waals surface area contributed by atoms with E-state index in [9.17, 15) is 19.2 Å². The predicted molar refractivity (Wildman–Crippen MR) is 78.8 cm³/mol. The fraction of sp³-hybridized carbons (Fsp3) is 0. The summed E-state index contributed by atoms with van der Waals surface area (Å²) < 4.78 is 9.91. The van der Waals surface area contributed by atoms with Crippen molar-refractivity contribution < 1.29 is 28.7 Å². The molecule has 0 unspecified atom stereocenters. The lowest BCUT2D eigenvalue weighted by atomic mass is 9.89. The van der Waals surface area contributed by atoms with Crippen LogP contribution in [0.3, 0.4) is 0 Å². The van der Waals surface area contributed by atoms with Gasteiger partial charge in [-0.05, 0) is 44.0 Å². The lowest BCUT2D eigenvalue weighted by Gasteiger charge is -2.23. The molecule has 0 N–H and O–H groups in total. The molecule has 0 saturated heterocycles. The van der Waals surface area contributed by atoms with E-state index >= 15 is 0 Å². The highest BCUT2D eigenvalue weighted by Crippen LogP contribution is 2.44. The molecule has 6 nitrogen and oxygen atoms in total. The molecule has 2 aliphatic heterocycles. The van der Waals surface area contributed by atoms with Gasteiger partial charge in [0.15, 0.2) is 0 Å². The molecule has 2 aliphatic rings.